The van der Waals surface area contributed by atoms with Gasteiger partial charge in [-0.15, -0.1) is 0 Å². The highest BCUT2D eigenvalue weighted by atomic mass is 16.6. The first-order valence-electron chi connectivity index (χ1n) is 5.37. The van der Waals surface area contributed by atoms with Crippen molar-refractivity contribution in [3.63, 3.8) is 0 Å². The van der Waals surface area contributed by atoms with Crippen LogP contribution in [0, 0.1) is 0 Å². The summed E-state index contributed by atoms with van der Waals surface area (Å²) in [5.41, 5.74) is 0.781. The number of esters is 1. The molecule has 0 atom stereocenters. The number of nitrogens with zero attached hydrogens (tertiary/aromatic N) is 4. The van der Waals surface area contributed by atoms with Crippen molar-refractivity contribution in [3.8, 4) is 17.1 Å². The molecule has 7 nitrogen and oxygen atoms in total. The van der Waals surface area contributed by atoms with Crippen LogP contribution in [-0.4, -0.2) is 34.7 Å². The Labute approximate surface area is 103 Å². The van der Waals surface area contributed by atoms with Crippen molar-refractivity contribution in [2.45, 2.75) is 6.92 Å². The standard InChI is InChI=1S/C11H11N4O3/c1-2-17-10(16)7-18-9-5-3-8(4-6-9)11-12-14-15-13-11/h3-6H,2,7H2,1H3/q-1. The molecule has 0 N–H and O–H groups in total. The molecule has 0 fully saturated rings. The second-order valence-corrected chi connectivity index (χ2v) is 3.32. The number of hydrogen-bond donors (Lipinski definition) is 0. The highest BCUT2D eigenvalue weighted by Gasteiger charge is 2.03. The summed E-state index contributed by atoms with van der Waals surface area (Å²) in [6, 6.07) is 6.95. The molecule has 0 aliphatic carbocycles. The third-order valence-corrected chi connectivity index (χ3v) is 2.09. The van der Waals surface area contributed by atoms with Crippen LogP contribution in [0.15, 0.2) is 24.3 Å². The Morgan fingerprint density at radius 1 is 1.33 bits per heavy atom. The molecule has 94 valence electrons. The van der Waals surface area contributed by atoms with Gasteiger partial charge in [-0.1, -0.05) is 12.1 Å². The first kappa shape index (κ1) is 12.0. The van der Waals surface area contributed by atoms with Crippen LogP contribution in [0.4, 0.5) is 0 Å². The summed E-state index contributed by atoms with van der Waals surface area (Å²) in [6.07, 6.45) is 0. The smallest absolute Gasteiger partial charge is 0.344 e. The van der Waals surface area contributed by atoms with E-state index < -0.39 is 5.97 Å². The third-order valence-electron chi connectivity index (χ3n) is 2.09. The Morgan fingerprint density at radius 3 is 2.72 bits per heavy atom. The maximum atomic E-state index is 11.1. The molecule has 0 unspecified atom stereocenters. The van der Waals surface area contributed by atoms with Crippen molar-refractivity contribution >= 4 is 5.97 Å². The van der Waals surface area contributed by atoms with E-state index in [1.807, 2.05) is 0 Å². The van der Waals surface area contributed by atoms with Gasteiger partial charge in [0.25, 0.3) is 0 Å². The zero-order chi connectivity index (χ0) is 12.8. The second kappa shape index (κ2) is 5.76. The summed E-state index contributed by atoms with van der Waals surface area (Å²) in [5.74, 6) is 0.626. The maximum absolute atomic E-state index is 11.1. The molecular weight excluding hydrogens is 236 g/mol. The molecule has 0 radical (unpaired) electrons. The first-order chi connectivity index (χ1) is 8.79. The van der Waals surface area contributed by atoms with Gasteiger partial charge >= 0.3 is 5.97 Å². The average Bonchev–Trinajstić information content (AvgIpc) is 2.91. The van der Waals surface area contributed by atoms with Crippen LogP contribution in [0.1, 0.15) is 6.92 Å². The first-order valence-corrected chi connectivity index (χ1v) is 5.37. The quantitative estimate of drug-likeness (QED) is 0.708. The molecule has 0 aliphatic heterocycles. The minimum absolute atomic E-state index is 0.108. The Kier molecular flexibility index (Phi) is 3.85. The fourth-order valence-corrected chi connectivity index (χ4v) is 1.31. The molecular formula is C11H11N4O3-. The van der Waals surface area contributed by atoms with Crippen molar-refractivity contribution in [1.82, 2.24) is 20.6 Å². The zero-order valence-electron chi connectivity index (χ0n) is 9.74. The van der Waals surface area contributed by atoms with Gasteiger partial charge in [0.15, 0.2) is 6.61 Å². The molecule has 0 spiro atoms. The van der Waals surface area contributed by atoms with Gasteiger partial charge in [-0.25, -0.2) is 4.79 Å². The Balaban J connectivity index is 1.94. The summed E-state index contributed by atoms with van der Waals surface area (Å²) in [5, 5.41) is 14.2. The molecule has 18 heavy (non-hydrogen) atoms. The topological polar surface area (TPSA) is 88.3 Å². The molecule has 0 bridgehead atoms. The maximum Gasteiger partial charge on any atom is 0.344 e. The lowest BCUT2D eigenvalue weighted by Gasteiger charge is -2.06. The lowest BCUT2D eigenvalue weighted by molar-refractivity contribution is -0.145. The van der Waals surface area contributed by atoms with Gasteiger partial charge in [-0.3, -0.25) is 10.3 Å². The molecule has 0 amide bonds. The van der Waals surface area contributed by atoms with Gasteiger partial charge in [-0.05, 0) is 24.6 Å². The number of carbonyl (C=O) groups excluding carboxylic acids is 1. The van der Waals surface area contributed by atoms with Crippen molar-refractivity contribution in [2.24, 2.45) is 0 Å². The van der Waals surface area contributed by atoms with E-state index in [0.29, 0.717) is 18.2 Å². The number of tetrazole rings is 1. The van der Waals surface area contributed by atoms with Crippen molar-refractivity contribution in [2.75, 3.05) is 13.2 Å². The van der Waals surface area contributed by atoms with Gasteiger partial charge < -0.3 is 14.6 Å². The van der Waals surface area contributed by atoms with E-state index in [9.17, 15) is 4.79 Å². The molecule has 0 saturated carbocycles. The van der Waals surface area contributed by atoms with Gasteiger partial charge in [0.1, 0.15) is 5.75 Å². The SMILES string of the molecule is CCOC(=O)COc1ccc(-c2nnn[n-]2)cc1. The largest absolute Gasteiger partial charge is 0.482 e. The van der Waals surface area contributed by atoms with Crippen LogP contribution < -0.4 is 9.84 Å². The van der Waals surface area contributed by atoms with E-state index in [0.717, 1.165) is 5.56 Å². The van der Waals surface area contributed by atoms with Gasteiger partial charge in [0, 0.05) is 5.82 Å². The minimum Gasteiger partial charge on any atom is -0.482 e. The molecule has 2 aromatic rings. The van der Waals surface area contributed by atoms with Crippen molar-refractivity contribution in [1.29, 1.82) is 0 Å². The third kappa shape index (κ3) is 3.03. The van der Waals surface area contributed by atoms with Crippen LogP contribution in [-0.2, 0) is 9.53 Å². The highest BCUT2D eigenvalue weighted by molar-refractivity contribution is 5.71. The fraction of sp³-hybridized carbons (Fsp3) is 0.273. The van der Waals surface area contributed by atoms with Gasteiger partial charge in [-0.2, -0.15) is 5.21 Å². The summed E-state index contributed by atoms with van der Waals surface area (Å²) in [7, 11) is 0. The second-order valence-electron chi connectivity index (χ2n) is 3.32. The van der Waals surface area contributed by atoms with Crippen LogP contribution in [0.3, 0.4) is 0 Å². The Bertz CT molecular complexity index is 496. The number of aromatic nitrogens is 4. The van der Waals surface area contributed by atoms with Crippen LogP contribution >= 0.6 is 0 Å². The minimum atomic E-state index is -0.394. The number of ether oxygens (including phenoxy) is 2. The van der Waals surface area contributed by atoms with E-state index in [4.69, 9.17) is 9.47 Å². The fourth-order valence-electron chi connectivity index (χ4n) is 1.31. The number of hydrogen-bond acceptors (Lipinski definition) is 6. The van der Waals surface area contributed by atoms with E-state index in [-0.39, 0.29) is 6.61 Å². The normalized spacial score (nSPS) is 10.1. The molecule has 2 rings (SSSR count). The Hall–Kier alpha value is -2.44. The average molecular weight is 247 g/mol. The van der Waals surface area contributed by atoms with Crippen molar-refractivity contribution < 1.29 is 14.3 Å². The van der Waals surface area contributed by atoms with Crippen LogP contribution in [0.25, 0.3) is 11.4 Å². The highest BCUT2D eigenvalue weighted by Crippen LogP contribution is 2.17. The monoisotopic (exact) mass is 247 g/mol. The lowest BCUT2D eigenvalue weighted by atomic mass is 10.2. The number of rotatable bonds is 5. The van der Waals surface area contributed by atoms with E-state index in [1.54, 1.807) is 31.2 Å². The summed E-state index contributed by atoms with van der Waals surface area (Å²) >= 11 is 0. The van der Waals surface area contributed by atoms with Gasteiger partial charge in [0.05, 0.1) is 6.61 Å². The molecule has 1 heterocycles. The van der Waals surface area contributed by atoms with Crippen LogP contribution in [0.5, 0.6) is 5.75 Å². The summed E-state index contributed by atoms with van der Waals surface area (Å²) in [6.45, 7) is 1.98. The lowest BCUT2D eigenvalue weighted by Crippen LogP contribution is -2.14. The van der Waals surface area contributed by atoms with Gasteiger partial charge in [0.2, 0.25) is 0 Å². The van der Waals surface area contributed by atoms with E-state index in [2.05, 4.69) is 20.6 Å². The van der Waals surface area contributed by atoms with Crippen LogP contribution in [0.2, 0.25) is 0 Å². The molecule has 1 aromatic heterocycles. The van der Waals surface area contributed by atoms with E-state index in [1.165, 1.54) is 0 Å². The molecule has 1 aromatic carbocycles. The van der Waals surface area contributed by atoms with E-state index >= 15 is 0 Å². The molecule has 0 aliphatic rings. The van der Waals surface area contributed by atoms with Crippen molar-refractivity contribution in [3.05, 3.63) is 24.3 Å². The summed E-state index contributed by atoms with van der Waals surface area (Å²) in [4.78, 5) is 11.1. The summed E-state index contributed by atoms with van der Waals surface area (Å²) < 4.78 is 9.99. The number of carbonyl (C=O) groups is 1. The zero-order valence-corrected chi connectivity index (χ0v) is 9.74. The number of benzene rings is 1. The predicted octanol–water partition coefficient (Wildman–Crippen LogP) is 0.438. The molecule has 7 heteroatoms. The predicted molar refractivity (Wildman–Crippen MR) is 60.7 cm³/mol. The molecule has 0 saturated heterocycles. The Morgan fingerprint density at radius 2 is 2.11 bits per heavy atom.